The molecule has 6 nitrogen and oxygen atoms in total. The van der Waals surface area contributed by atoms with Gasteiger partial charge < -0.3 is 15.9 Å². The topological polar surface area (TPSA) is 99.2 Å². The highest BCUT2D eigenvalue weighted by Gasteiger charge is 2.45. The molecule has 3 aliphatic rings. The predicted octanol–water partition coefficient (Wildman–Crippen LogP) is 4.02. The minimum Gasteiger partial charge on any atom is -0.506 e. The number of anilines is 2. The second-order valence-corrected chi connectivity index (χ2v) is 8.43. The van der Waals surface area contributed by atoms with Crippen LogP contribution in [0.15, 0.2) is 41.5 Å². The fourth-order valence-corrected chi connectivity index (χ4v) is 5.38. The van der Waals surface area contributed by atoms with Crippen molar-refractivity contribution >= 4 is 23.1 Å². The van der Waals surface area contributed by atoms with Crippen molar-refractivity contribution in [1.82, 2.24) is 0 Å². The average Bonchev–Trinajstić information content (AvgIpc) is 3.36. The van der Waals surface area contributed by atoms with Gasteiger partial charge in [-0.25, -0.2) is 4.79 Å². The zero-order valence-corrected chi connectivity index (χ0v) is 16.2. The predicted molar refractivity (Wildman–Crippen MR) is 112 cm³/mol. The molecule has 2 aromatic carbocycles. The van der Waals surface area contributed by atoms with Gasteiger partial charge in [0, 0.05) is 17.5 Å². The van der Waals surface area contributed by atoms with Crippen molar-refractivity contribution in [3.05, 3.63) is 53.1 Å². The molecule has 0 radical (unpaired) electrons. The van der Waals surface area contributed by atoms with E-state index in [1.807, 2.05) is 12.1 Å². The molecule has 0 amide bonds. The summed E-state index contributed by atoms with van der Waals surface area (Å²) >= 11 is 0. The molecule has 2 atom stereocenters. The molecule has 5 rings (SSSR count). The number of nitrogens with zero attached hydrogens (tertiary/aromatic N) is 2. The van der Waals surface area contributed by atoms with Crippen molar-refractivity contribution in [2.75, 3.05) is 10.7 Å². The van der Waals surface area contributed by atoms with Gasteiger partial charge in [0.25, 0.3) is 0 Å². The molecule has 0 bridgehead atoms. The fourth-order valence-electron chi connectivity index (χ4n) is 5.38. The molecule has 0 spiro atoms. The number of phenols is 1. The second kappa shape index (κ2) is 6.79. The van der Waals surface area contributed by atoms with Crippen molar-refractivity contribution < 1.29 is 15.0 Å². The Kier molecular flexibility index (Phi) is 4.23. The number of benzene rings is 2. The Bertz CT molecular complexity index is 1010. The Balaban J connectivity index is 1.59. The van der Waals surface area contributed by atoms with Gasteiger partial charge in [0.1, 0.15) is 5.75 Å². The monoisotopic (exact) mass is 391 g/mol. The number of hydrogen-bond acceptors (Lipinski definition) is 5. The average molecular weight is 391 g/mol. The maximum atomic E-state index is 11.4. The lowest BCUT2D eigenvalue weighted by Crippen LogP contribution is -2.40. The van der Waals surface area contributed by atoms with Crippen LogP contribution < -0.4 is 10.7 Å². The highest BCUT2D eigenvalue weighted by atomic mass is 16.4. The first kappa shape index (κ1) is 18.0. The van der Waals surface area contributed by atoms with Crippen LogP contribution in [-0.2, 0) is 6.42 Å². The Labute approximate surface area is 169 Å². The summed E-state index contributed by atoms with van der Waals surface area (Å²) in [6.07, 6.45) is 6.74. The Hall–Kier alpha value is -3.02. The third-order valence-corrected chi connectivity index (χ3v) is 6.78. The summed E-state index contributed by atoms with van der Waals surface area (Å²) in [5, 5.41) is 26.6. The first-order valence-electron chi connectivity index (χ1n) is 10.4. The van der Waals surface area contributed by atoms with E-state index in [4.69, 9.17) is 10.8 Å². The molecule has 150 valence electrons. The van der Waals surface area contributed by atoms with E-state index in [1.54, 1.807) is 24.3 Å². The van der Waals surface area contributed by atoms with Gasteiger partial charge in [-0.3, -0.25) is 5.01 Å². The standard InChI is InChI=1S/C23H25N3O3/c24-19-10-7-16(12-20(19)27)26-22(13-3-1-2-4-13)18-9-5-14-11-15(23(28)29)6-8-17(14)21(18)25-26/h6-8,10-13,18,22,27H,1-5,9,24H2,(H,28,29). The van der Waals surface area contributed by atoms with E-state index in [1.165, 1.54) is 25.7 Å². The van der Waals surface area contributed by atoms with E-state index in [2.05, 4.69) is 5.01 Å². The maximum Gasteiger partial charge on any atom is 0.335 e. The zero-order valence-electron chi connectivity index (χ0n) is 16.2. The van der Waals surface area contributed by atoms with Crippen LogP contribution in [0.3, 0.4) is 0 Å². The van der Waals surface area contributed by atoms with Gasteiger partial charge in [-0.1, -0.05) is 18.9 Å². The lowest BCUT2D eigenvalue weighted by molar-refractivity contribution is 0.0696. The van der Waals surface area contributed by atoms with Crippen LogP contribution >= 0.6 is 0 Å². The van der Waals surface area contributed by atoms with Gasteiger partial charge in [-0.2, -0.15) is 5.10 Å². The first-order chi connectivity index (χ1) is 14.0. The Morgan fingerprint density at radius 1 is 1.10 bits per heavy atom. The molecule has 6 heteroatoms. The molecule has 0 saturated heterocycles. The van der Waals surface area contributed by atoms with Crippen molar-refractivity contribution in [3.8, 4) is 5.75 Å². The summed E-state index contributed by atoms with van der Waals surface area (Å²) in [6.45, 7) is 0. The van der Waals surface area contributed by atoms with Gasteiger partial charge in [0.15, 0.2) is 0 Å². The molecule has 1 aliphatic heterocycles. The molecular formula is C23H25N3O3. The van der Waals surface area contributed by atoms with Gasteiger partial charge in [0.05, 0.1) is 28.7 Å². The van der Waals surface area contributed by atoms with E-state index in [-0.39, 0.29) is 11.8 Å². The highest BCUT2D eigenvalue weighted by Crippen LogP contribution is 2.45. The number of carbonyl (C=O) groups is 1. The quantitative estimate of drug-likeness (QED) is 0.542. The molecule has 1 heterocycles. The van der Waals surface area contributed by atoms with Gasteiger partial charge >= 0.3 is 5.97 Å². The van der Waals surface area contributed by atoms with Crippen LogP contribution in [0.25, 0.3) is 0 Å². The number of hydrogen-bond donors (Lipinski definition) is 3. The molecule has 29 heavy (non-hydrogen) atoms. The van der Waals surface area contributed by atoms with Crippen LogP contribution in [0.1, 0.15) is 53.6 Å². The summed E-state index contributed by atoms with van der Waals surface area (Å²) in [5.74, 6) is 0.0714. The van der Waals surface area contributed by atoms with E-state index >= 15 is 0 Å². The molecule has 1 saturated carbocycles. The Morgan fingerprint density at radius 2 is 1.90 bits per heavy atom. The van der Waals surface area contributed by atoms with Gasteiger partial charge in [-0.05, 0) is 61.4 Å². The number of hydrazone groups is 1. The molecular weight excluding hydrogens is 366 g/mol. The van der Waals surface area contributed by atoms with E-state index in [9.17, 15) is 15.0 Å². The number of aromatic carboxylic acids is 1. The van der Waals surface area contributed by atoms with Crippen LogP contribution in [0.5, 0.6) is 5.75 Å². The van der Waals surface area contributed by atoms with E-state index < -0.39 is 5.97 Å². The molecule has 2 unspecified atom stereocenters. The normalized spacial score (nSPS) is 23.6. The molecule has 0 aromatic heterocycles. The third-order valence-electron chi connectivity index (χ3n) is 6.78. The number of carboxylic acid groups (broad SMARTS) is 1. The van der Waals surface area contributed by atoms with Crippen molar-refractivity contribution in [2.45, 2.75) is 44.6 Å². The van der Waals surface area contributed by atoms with Crippen LogP contribution in [0, 0.1) is 11.8 Å². The maximum absolute atomic E-state index is 11.4. The first-order valence-corrected chi connectivity index (χ1v) is 10.4. The van der Waals surface area contributed by atoms with Crippen LogP contribution in [0.2, 0.25) is 0 Å². The van der Waals surface area contributed by atoms with Gasteiger partial charge in [0.2, 0.25) is 0 Å². The van der Waals surface area contributed by atoms with Gasteiger partial charge in [-0.15, -0.1) is 0 Å². The molecule has 2 aliphatic carbocycles. The lowest BCUT2D eigenvalue weighted by Gasteiger charge is -2.34. The molecule has 1 fully saturated rings. The SMILES string of the molecule is Nc1ccc(N2N=C3c4ccc(C(=O)O)cc4CCC3C2C2CCCC2)cc1O. The number of aromatic hydroxyl groups is 1. The zero-order chi connectivity index (χ0) is 20.1. The molecule has 2 aromatic rings. The second-order valence-electron chi connectivity index (χ2n) is 8.43. The summed E-state index contributed by atoms with van der Waals surface area (Å²) < 4.78 is 0. The summed E-state index contributed by atoms with van der Waals surface area (Å²) in [6, 6.07) is 11.0. The van der Waals surface area contributed by atoms with Crippen molar-refractivity contribution in [1.29, 1.82) is 0 Å². The fraction of sp³-hybridized carbons (Fsp3) is 0.391. The summed E-state index contributed by atoms with van der Waals surface area (Å²) in [7, 11) is 0. The Morgan fingerprint density at radius 3 is 2.62 bits per heavy atom. The van der Waals surface area contributed by atoms with E-state index in [0.717, 1.165) is 35.4 Å². The number of nitrogen functional groups attached to an aromatic ring is 1. The smallest absolute Gasteiger partial charge is 0.335 e. The minimum atomic E-state index is -0.897. The lowest BCUT2D eigenvalue weighted by atomic mass is 9.75. The minimum absolute atomic E-state index is 0.0780. The number of fused-ring (bicyclic) bond motifs is 3. The van der Waals surface area contributed by atoms with Crippen molar-refractivity contribution in [3.63, 3.8) is 0 Å². The number of rotatable bonds is 3. The van der Waals surface area contributed by atoms with Crippen LogP contribution in [-0.4, -0.2) is 27.9 Å². The van der Waals surface area contributed by atoms with Crippen LogP contribution in [0.4, 0.5) is 11.4 Å². The summed E-state index contributed by atoms with van der Waals surface area (Å²) in [4.78, 5) is 11.4. The molecule has 4 N–H and O–H groups in total. The van der Waals surface area contributed by atoms with E-state index in [0.29, 0.717) is 23.1 Å². The number of aryl methyl sites for hydroxylation is 1. The number of nitrogens with two attached hydrogens (primary N) is 1. The van der Waals surface area contributed by atoms with Crippen molar-refractivity contribution in [2.24, 2.45) is 16.9 Å². The number of carboxylic acids is 1. The summed E-state index contributed by atoms with van der Waals surface area (Å²) in [5.41, 5.74) is 10.5. The largest absolute Gasteiger partial charge is 0.506 e. The number of phenolic OH excluding ortho intramolecular Hbond substituents is 1. The third kappa shape index (κ3) is 2.94. The highest BCUT2D eigenvalue weighted by molar-refractivity contribution is 6.07.